The first-order chi connectivity index (χ1) is 9.52. The Kier molecular flexibility index (Phi) is 8.01. The Labute approximate surface area is 123 Å². The fourth-order valence-corrected chi connectivity index (χ4v) is 3.51. The topological polar surface area (TPSA) is 12.0 Å². The number of hydrogen-bond donors (Lipinski definition) is 1. The molecule has 0 radical (unpaired) electrons. The fourth-order valence-electron chi connectivity index (χ4n) is 3.51. The molecule has 2 unspecified atom stereocenters. The van der Waals surface area contributed by atoms with E-state index in [0.29, 0.717) is 24.8 Å². The van der Waals surface area contributed by atoms with Gasteiger partial charge >= 0.3 is 0 Å². The molecule has 1 rings (SSSR count). The van der Waals surface area contributed by atoms with Gasteiger partial charge in [0, 0.05) is 18.9 Å². The standard InChI is InChI=1S/C17H33F2N/c1-4-7-8-14(5-2)13-16(20-6-3)15-9-11-17(18,19)12-10-15/h14-16,20H,4-13H2,1-3H3. The number of nitrogens with one attached hydrogen (secondary N) is 1. The summed E-state index contributed by atoms with van der Waals surface area (Å²) in [5, 5.41) is 3.58. The third-order valence-electron chi connectivity index (χ3n) is 4.93. The maximum Gasteiger partial charge on any atom is 0.248 e. The molecular weight excluding hydrogens is 256 g/mol. The van der Waals surface area contributed by atoms with Gasteiger partial charge in [-0.1, -0.05) is 46.5 Å². The summed E-state index contributed by atoms with van der Waals surface area (Å²) in [5.74, 6) is -1.20. The van der Waals surface area contributed by atoms with Crippen molar-refractivity contribution in [1.29, 1.82) is 0 Å². The summed E-state index contributed by atoms with van der Waals surface area (Å²) in [6.45, 7) is 7.56. The van der Waals surface area contributed by atoms with Gasteiger partial charge in [0.05, 0.1) is 0 Å². The first-order valence-electron chi connectivity index (χ1n) is 8.63. The lowest BCUT2D eigenvalue weighted by molar-refractivity contribution is -0.0504. The van der Waals surface area contributed by atoms with Crippen molar-refractivity contribution in [2.24, 2.45) is 11.8 Å². The number of halogens is 2. The van der Waals surface area contributed by atoms with Crippen LogP contribution in [0.15, 0.2) is 0 Å². The summed E-state index contributed by atoms with van der Waals surface area (Å²) >= 11 is 0. The molecule has 0 amide bonds. The van der Waals surface area contributed by atoms with Crippen LogP contribution < -0.4 is 5.32 Å². The van der Waals surface area contributed by atoms with E-state index in [1.165, 1.54) is 32.1 Å². The fraction of sp³-hybridized carbons (Fsp3) is 1.00. The number of rotatable bonds is 9. The quantitative estimate of drug-likeness (QED) is 0.599. The Morgan fingerprint density at radius 2 is 1.80 bits per heavy atom. The van der Waals surface area contributed by atoms with Gasteiger partial charge in [-0.2, -0.15) is 0 Å². The predicted octanol–water partition coefficient (Wildman–Crippen LogP) is 5.40. The average Bonchev–Trinajstić information content (AvgIpc) is 2.42. The first kappa shape index (κ1) is 17.9. The van der Waals surface area contributed by atoms with Gasteiger partial charge in [0.1, 0.15) is 0 Å². The van der Waals surface area contributed by atoms with Crippen molar-refractivity contribution in [3.8, 4) is 0 Å². The molecule has 0 heterocycles. The van der Waals surface area contributed by atoms with Gasteiger partial charge < -0.3 is 5.32 Å². The molecule has 0 saturated heterocycles. The monoisotopic (exact) mass is 289 g/mol. The zero-order valence-corrected chi connectivity index (χ0v) is 13.6. The van der Waals surface area contributed by atoms with Crippen LogP contribution in [-0.2, 0) is 0 Å². The Morgan fingerprint density at radius 3 is 2.30 bits per heavy atom. The van der Waals surface area contributed by atoms with Crippen LogP contribution in [0.2, 0.25) is 0 Å². The summed E-state index contributed by atoms with van der Waals surface area (Å²) in [6, 6.07) is 0.443. The van der Waals surface area contributed by atoms with Crippen molar-refractivity contribution in [2.75, 3.05) is 6.54 Å². The van der Waals surface area contributed by atoms with E-state index in [4.69, 9.17) is 0 Å². The maximum absolute atomic E-state index is 13.3. The van der Waals surface area contributed by atoms with Crippen molar-refractivity contribution in [3.05, 3.63) is 0 Å². The van der Waals surface area contributed by atoms with Crippen molar-refractivity contribution in [3.63, 3.8) is 0 Å². The highest BCUT2D eigenvalue weighted by Crippen LogP contribution is 2.39. The van der Waals surface area contributed by atoms with Crippen LogP contribution in [0.25, 0.3) is 0 Å². The van der Waals surface area contributed by atoms with E-state index in [1.807, 2.05) is 0 Å². The van der Waals surface area contributed by atoms with Crippen molar-refractivity contribution >= 4 is 0 Å². The lowest BCUT2D eigenvalue weighted by Gasteiger charge is -2.36. The number of unbranched alkanes of at least 4 members (excludes halogenated alkanes) is 1. The highest BCUT2D eigenvalue weighted by molar-refractivity contribution is 4.86. The van der Waals surface area contributed by atoms with E-state index in [9.17, 15) is 8.78 Å². The summed E-state index contributed by atoms with van der Waals surface area (Å²) in [5.41, 5.74) is 0. The zero-order chi connectivity index (χ0) is 15.0. The van der Waals surface area contributed by atoms with E-state index in [2.05, 4.69) is 26.1 Å². The molecule has 1 fully saturated rings. The Bertz CT molecular complexity index is 245. The lowest BCUT2D eigenvalue weighted by atomic mass is 9.78. The minimum absolute atomic E-state index is 0.0886. The van der Waals surface area contributed by atoms with Gasteiger partial charge in [-0.3, -0.25) is 0 Å². The summed E-state index contributed by atoms with van der Waals surface area (Å²) in [7, 11) is 0. The third kappa shape index (κ3) is 6.07. The Hall–Kier alpha value is -0.180. The third-order valence-corrected chi connectivity index (χ3v) is 4.93. The largest absolute Gasteiger partial charge is 0.314 e. The van der Waals surface area contributed by atoms with Crippen LogP contribution >= 0.6 is 0 Å². The van der Waals surface area contributed by atoms with Crippen LogP contribution in [0.3, 0.4) is 0 Å². The van der Waals surface area contributed by atoms with Crippen molar-refractivity contribution in [2.45, 2.75) is 90.5 Å². The summed E-state index contributed by atoms with van der Waals surface area (Å²) in [4.78, 5) is 0. The SMILES string of the molecule is CCCCC(CC)CC(NCC)C1CCC(F)(F)CC1. The molecular formula is C17H33F2N. The molecule has 2 atom stereocenters. The van der Waals surface area contributed by atoms with Gasteiger partial charge in [0.15, 0.2) is 0 Å². The molecule has 3 heteroatoms. The number of alkyl halides is 2. The number of hydrogen-bond acceptors (Lipinski definition) is 1. The Morgan fingerprint density at radius 1 is 1.15 bits per heavy atom. The summed E-state index contributed by atoms with van der Waals surface area (Å²) < 4.78 is 26.6. The van der Waals surface area contributed by atoms with E-state index < -0.39 is 5.92 Å². The predicted molar refractivity (Wildman–Crippen MR) is 82.3 cm³/mol. The van der Waals surface area contributed by atoms with E-state index in [1.54, 1.807) is 0 Å². The molecule has 1 aliphatic rings. The van der Waals surface area contributed by atoms with E-state index >= 15 is 0 Å². The molecule has 1 nitrogen and oxygen atoms in total. The van der Waals surface area contributed by atoms with Crippen LogP contribution in [-0.4, -0.2) is 18.5 Å². The molecule has 1 saturated carbocycles. The molecule has 1 aliphatic carbocycles. The maximum atomic E-state index is 13.3. The molecule has 20 heavy (non-hydrogen) atoms. The molecule has 0 aliphatic heterocycles. The van der Waals surface area contributed by atoms with Crippen LogP contribution in [0.5, 0.6) is 0 Å². The van der Waals surface area contributed by atoms with Gasteiger partial charge in [-0.25, -0.2) is 8.78 Å². The van der Waals surface area contributed by atoms with Gasteiger partial charge in [0.25, 0.3) is 0 Å². The van der Waals surface area contributed by atoms with E-state index in [-0.39, 0.29) is 12.8 Å². The van der Waals surface area contributed by atoms with Crippen molar-refractivity contribution < 1.29 is 8.78 Å². The molecule has 0 aromatic carbocycles. The van der Waals surface area contributed by atoms with Crippen LogP contribution in [0.1, 0.15) is 78.6 Å². The molecule has 1 N–H and O–H groups in total. The van der Waals surface area contributed by atoms with Gasteiger partial charge in [-0.05, 0) is 37.6 Å². The van der Waals surface area contributed by atoms with Crippen LogP contribution in [0.4, 0.5) is 8.78 Å². The van der Waals surface area contributed by atoms with Gasteiger partial charge in [0.2, 0.25) is 5.92 Å². The second kappa shape index (κ2) is 8.96. The molecule has 0 bridgehead atoms. The first-order valence-corrected chi connectivity index (χ1v) is 8.63. The molecule has 0 aromatic heterocycles. The van der Waals surface area contributed by atoms with Gasteiger partial charge in [-0.15, -0.1) is 0 Å². The second-order valence-corrected chi connectivity index (χ2v) is 6.51. The minimum atomic E-state index is -2.40. The molecule has 120 valence electrons. The normalized spacial score (nSPS) is 22.6. The summed E-state index contributed by atoms with van der Waals surface area (Å²) in [6.07, 6.45) is 7.77. The molecule has 0 aromatic rings. The Balaban J connectivity index is 2.50. The zero-order valence-electron chi connectivity index (χ0n) is 13.6. The highest BCUT2D eigenvalue weighted by atomic mass is 19.3. The average molecular weight is 289 g/mol. The minimum Gasteiger partial charge on any atom is -0.314 e. The highest BCUT2D eigenvalue weighted by Gasteiger charge is 2.37. The molecule has 0 spiro atoms. The van der Waals surface area contributed by atoms with Crippen LogP contribution in [0, 0.1) is 11.8 Å². The van der Waals surface area contributed by atoms with E-state index in [0.717, 1.165) is 12.5 Å². The second-order valence-electron chi connectivity index (χ2n) is 6.51. The van der Waals surface area contributed by atoms with Crippen molar-refractivity contribution in [1.82, 2.24) is 5.32 Å². The smallest absolute Gasteiger partial charge is 0.248 e. The lowest BCUT2D eigenvalue weighted by Crippen LogP contribution is -2.41.